The van der Waals surface area contributed by atoms with Crippen LogP contribution in [0.2, 0.25) is 0 Å². The van der Waals surface area contributed by atoms with Gasteiger partial charge in [-0.05, 0) is 60.7 Å². The summed E-state index contributed by atoms with van der Waals surface area (Å²) in [4.78, 5) is 28.8. The molecule has 0 aliphatic rings. The number of aromatic nitrogens is 3. The molecule has 2 heterocycles. The Hall–Kier alpha value is -3.94. The van der Waals surface area contributed by atoms with Crippen molar-refractivity contribution in [2.24, 2.45) is 5.92 Å². The van der Waals surface area contributed by atoms with E-state index in [1.807, 2.05) is 48.5 Å². The summed E-state index contributed by atoms with van der Waals surface area (Å²) >= 11 is 0. The highest BCUT2D eigenvalue weighted by atomic mass is 16.3. The van der Waals surface area contributed by atoms with E-state index in [0.29, 0.717) is 29.4 Å². The number of amides is 2. The van der Waals surface area contributed by atoms with Crippen molar-refractivity contribution in [3.05, 3.63) is 78.3 Å². The number of aryl methyl sites for hydroxylation is 1. The summed E-state index contributed by atoms with van der Waals surface area (Å²) in [5.74, 6) is 0.239. The number of rotatable bonds is 10. The minimum atomic E-state index is -0.966. The van der Waals surface area contributed by atoms with E-state index in [1.54, 1.807) is 16.8 Å². The largest absolute Gasteiger partial charge is 0.467 e. The normalized spacial score (nSPS) is 12.1. The van der Waals surface area contributed by atoms with Crippen LogP contribution < -0.4 is 10.2 Å². The Labute approximate surface area is 204 Å². The number of nitrogens with zero attached hydrogens (tertiary/aromatic N) is 4. The average molecular weight is 474 g/mol. The fourth-order valence-electron chi connectivity index (χ4n) is 3.97. The smallest absolute Gasteiger partial charge is 0.251 e. The average Bonchev–Trinajstić information content (AvgIpc) is 3.53. The molecular weight excluding hydrogens is 442 g/mol. The van der Waals surface area contributed by atoms with Crippen LogP contribution in [-0.2, 0) is 22.6 Å². The lowest BCUT2D eigenvalue weighted by molar-refractivity contribution is -0.127. The molecule has 0 saturated heterocycles. The summed E-state index contributed by atoms with van der Waals surface area (Å²) < 4.78 is 7.21. The number of benzene rings is 2. The maximum Gasteiger partial charge on any atom is 0.251 e. The van der Waals surface area contributed by atoms with Gasteiger partial charge >= 0.3 is 0 Å². The zero-order chi connectivity index (χ0) is 24.8. The van der Waals surface area contributed by atoms with Gasteiger partial charge in [0.2, 0.25) is 5.91 Å². The Morgan fingerprint density at radius 2 is 1.83 bits per heavy atom. The third-order valence-corrected chi connectivity index (χ3v) is 5.94. The molecule has 0 radical (unpaired) electrons. The topological polar surface area (TPSA) is 93.3 Å². The second-order valence-electron chi connectivity index (χ2n) is 8.91. The van der Waals surface area contributed by atoms with Crippen LogP contribution in [0.5, 0.6) is 0 Å². The lowest BCUT2D eigenvalue weighted by atomic mass is 10.1. The van der Waals surface area contributed by atoms with E-state index in [0.717, 1.165) is 23.9 Å². The second kappa shape index (κ2) is 11.0. The molecule has 1 N–H and O–H groups in total. The van der Waals surface area contributed by atoms with Crippen LogP contribution in [0.25, 0.3) is 11.0 Å². The number of anilines is 1. The van der Waals surface area contributed by atoms with Crippen molar-refractivity contribution in [1.82, 2.24) is 20.3 Å². The fourth-order valence-corrected chi connectivity index (χ4v) is 3.97. The van der Waals surface area contributed by atoms with Crippen LogP contribution >= 0.6 is 0 Å². The van der Waals surface area contributed by atoms with Crippen molar-refractivity contribution in [1.29, 1.82) is 0 Å². The quantitative estimate of drug-likeness (QED) is 0.365. The number of hydrogen-bond donors (Lipinski definition) is 1. The summed E-state index contributed by atoms with van der Waals surface area (Å²) in [5.41, 5.74) is 3.20. The lowest BCUT2D eigenvalue weighted by Gasteiger charge is -2.30. The summed E-state index contributed by atoms with van der Waals surface area (Å²) in [7, 11) is 0. The van der Waals surface area contributed by atoms with Crippen LogP contribution in [0.4, 0.5) is 5.69 Å². The van der Waals surface area contributed by atoms with E-state index in [-0.39, 0.29) is 18.4 Å². The number of carbonyl (C=O) groups excluding carboxylic acids is 2. The molecule has 4 rings (SSSR count). The molecule has 2 aromatic carbocycles. The second-order valence-corrected chi connectivity index (χ2v) is 8.91. The Bertz CT molecular complexity index is 1260. The van der Waals surface area contributed by atoms with Gasteiger partial charge in [-0.2, -0.15) is 0 Å². The van der Waals surface area contributed by atoms with Gasteiger partial charge < -0.3 is 9.73 Å². The van der Waals surface area contributed by atoms with Gasteiger partial charge in [-0.15, -0.1) is 5.10 Å². The number of fused-ring (bicyclic) bond motifs is 1. The molecule has 0 spiro atoms. The molecule has 4 aromatic rings. The molecule has 8 nitrogen and oxygen atoms in total. The Kier molecular flexibility index (Phi) is 7.60. The molecule has 0 saturated carbocycles. The predicted octanol–water partition coefficient (Wildman–Crippen LogP) is 4.52. The Balaban J connectivity index is 1.72. The first kappa shape index (κ1) is 24.2. The molecule has 35 heavy (non-hydrogen) atoms. The van der Waals surface area contributed by atoms with Gasteiger partial charge in [0.1, 0.15) is 17.8 Å². The minimum absolute atomic E-state index is 0.0769. The van der Waals surface area contributed by atoms with Crippen molar-refractivity contribution in [3.8, 4) is 0 Å². The number of furan rings is 1. The monoisotopic (exact) mass is 473 g/mol. The number of nitrogens with one attached hydrogen (secondary N) is 1. The van der Waals surface area contributed by atoms with Gasteiger partial charge in [0.15, 0.2) is 6.04 Å². The fraction of sp³-hybridized carbons (Fsp3) is 0.333. The zero-order valence-corrected chi connectivity index (χ0v) is 20.3. The zero-order valence-electron chi connectivity index (χ0n) is 20.3. The molecule has 0 aliphatic heterocycles. The molecule has 1 unspecified atom stereocenters. The van der Waals surface area contributed by atoms with E-state index in [1.165, 1.54) is 11.2 Å². The summed E-state index contributed by atoms with van der Waals surface area (Å²) in [6, 6.07) is 17.6. The standard InChI is InChI=1S/C27H31N5O3/c1-4-20-11-13-21(14-12-20)32(25(33)18-31-23-9-6-5-8-22(23)29-30-31)26(24-10-7-17-35-24)27(34)28-16-15-19(2)3/h5-14,17,19,26H,4,15-16,18H2,1-3H3,(H,28,34). The highest BCUT2D eigenvalue weighted by Crippen LogP contribution is 2.29. The molecule has 0 bridgehead atoms. The van der Waals surface area contributed by atoms with Gasteiger partial charge in [-0.1, -0.05) is 50.3 Å². The van der Waals surface area contributed by atoms with Crippen molar-refractivity contribution in [3.63, 3.8) is 0 Å². The van der Waals surface area contributed by atoms with E-state index in [4.69, 9.17) is 4.42 Å². The molecular formula is C27H31N5O3. The van der Waals surface area contributed by atoms with Crippen LogP contribution in [0.15, 0.2) is 71.3 Å². The van der Waals surface area contributed by atoms with Crippen molar-refractivity contribution >= 4 is 28.5 Å². The maximum absolute atomic E-state index is 13.8. The van der Waals surface area contributed by atoms with Crippen LogP contribution in [-0.4, -0.2) is 33.4 Å². The first-order chi connectivity index (χ1) is 17.0. The third kappa shape index (κ3) is 5.59. The third-order valence-electron chi connectivity index (χ3n) is 5.94. The van der Waals surface area contributed by atoms with Gasteiger partial charge in [0, 0.05) is 12.2 Å². The molecule has 8 heteroatoms. The van der Waals surface area contributed by atoms with Crippen LogP contribution in [0.3, 0.4) is 0 Å². The van der Waals surface area contributed by atoms with Gasteiger partial charge in [-0.25, -0.2) is 4.68 Å². The van der Waals surface area contributed by atoms with Crippen molar-refractivity contribution in [2.75, 3.05) is 11.4 Å². The summed E-state index contributed by atoms with van der Waals surface area (Å²) in [6.45, 7) is 6.71. The number of hydrogen-bond acceptors (Lipinski definition) is 5. The van der Waals surface area contributed by atoms with E-state index < -0.39 is 6.04 Å². The van der Waals surface area contributed by atoms with Crippen LogP contribution in [0, 0.1) is 5.92 Å². The first-order valence-corrected chi connectivity index (χ1v) is 12.0. The summed E-state index contributed by atoms with van der Waals surface area (Å²) in [6.07, 6.45) is 3.22. The Morgan fingerprint density at radius 1 is 1.06 bits per heavy atom. The van der Waals surface area contributed by atoms with Gasteiger partial charge in [-0.3, -0.25) is 14.5 Å². The molecule has 0 aliphatic carbocycles. The first-order valence-electron chi connectivity index (χ1n) is 12.0. The molecule has 182 valence electrons. The SMILES string of the molecule is CCc1ccc(N(C(=O)Cn2nnc3ccccc32)C(C(=O)NCCC(C)C)c2ccco2)cc1. The molecule has 2 amide bonds. The minimum Gasteiger partial charge on any atom is -0.467 e. The summed E-state index contributed by atoms with van der Waals surface area (Å²) in [5, 5.41) is 11.3. The highest BCUT2D eigenvalue weighted by molar-refractivity contribution is 6.01. The molecule has 1 atom stereocenters. The molecule has 0 fully saturated rings. The van der Waals surface area contributed by atoms with Gasteiger partial charge in [0.25, 0.3) is 5.91 Å². The predicted molar refractivity (Wildman–Crippen MR) is 135 cm³/mol. The van der Waals surface area contributed by atoms with Gasteiger partial charge in [0.05, 0.1) is 11.8 Å². The van der Waals surface area contributed by atoms with E-state index in [2.05, 4.69) is 36.4 Å². The number of para-hydroxylation sites is 1. The van der Waals surface area contributed by atoms with E-state index >= 15 is 0 Å². The highest BCUT2D eigenvalue weighted by Gasteiger charge is 2.35. The van der Waals surface area contributed by atoms with Crippen LogP contribution in [0.1, 0.15) is 44.6 Å². The van der Waals surface area contributed by atoms with E-state index in [9.17, 15) is 9.59 Å². The molecule has 2 aromatic heterocycles. The Morgan fingerprint density at radius 3 is 2.51 bits per heavy atom. The van der Waals surface area contributed by atoms with Crippen molar-refractivity contribution in [2.45, 2.75) is 46.2 Å². The lowest BCUT2D eigenvalue weighted by Crippen LogP contribution is -2.45. The maximum atomic E-state index is 13.8. The number of carbonyl (C=O) groups is 2. The van der Waals surface area contributed by atoms with Crippen molar-refractivity contribution < 1.29 is 14.0 Å².